The Bertz CT molecular complexity index is 359. The van der Waals surface area contributed by atoms with E-state index in [0.717, 1.165) is 12.8 Å². The molecule has 0 aliphatic carbocycles. The van der Waals surface area contributed by atoms with Crippen molar-refractivity contribution in [1.29, 1.82) is 0 Å². The van der Waals surface area contributed by atoms with E-state index >= 15 is 0 Å². The molecule has 0 radical (unpaired) electrons. The van der Waals surface area contributed by atoms with Crippen molar-refractivity contribution in [3.63, 3.8) is 0 Å². The van der Waals surface area contributed by atoms with Crippen molar-refractivity contribution in [1.82, 2.24) is 10.6 Å². The molecular weight excluding hydrogens is 308 g/mol. The number of carbonyl (C=O) groups excluding carboxylic acids is 3. The largest absolute Gasteiger partial charge is 0.465 e. The summed E-state index contributed by atoms with van der Waals surface area (Å²) in [6.45, 7) is 3.93. The number of amides is 2. The number of unbranched alkanes of at least 4 members (excludes halogenated alkanes) is 8. The second-order valence-corrected chi connectivity index (χ2v) is 5.94. The average molecular weight is 342 g/mol. The van der Waals surface area contributed by atoms with Gasteiger partial charge >= 0.3 is 5.97 Å². The first-order chi connectivity index (χ1) is 11.6. The Morgan fingerprint density at radius 3 is 1.83 bits per heavy atom. The number of hydrogen-bond donors (Lipinski definition) is 2. The number of nitrogens with one attached hydrogen (secondary N) is 2. The fraction of sp³-hybridized carbons (Fsp3) is 0.833. The van der Waals surface area contributed by atoms with Crippen molar-refractivity contribution >= 4 is 17.8 Å². The van der Waals surface area contributed by atoms with E-state index in [2.05, 4.69) is 22.3 Å². The molecule has 24 heavy (non-hydrogen) atoms. The van der Waals surface area contributed by atoms with E-state index in [4.69, 9.17) is 0 Å². The van der Waals surface area contributed by atoms with E-state index in [1.807, 2.05) is 0 Å². The zero-order valence-electron chi connectivity index (χ0n) is 15.3. The van der Waals surface area contributed by atoms with Gasteiger partial charge in [-0.25, -0.2) is 0 Å². The Hall–Kier alpha value is -1.59. The van der Waals surface area contributed by atoms with Crippen LogP contribution in [0.5, 0.6) is 0 Å². The number of carbonyl (C=O) groups is 3. The minimum Gasteiger partial charge on any atom is -0.465 e. The molecule has 2 N–H and O–H groups in total. The van der Waals surface area contributed by atoms with Crippen LogP contribution in [0.2, 0.25) is 0 Å². The Labute approximate surface area is 146 Å². The standard InChI is InChI=1S/C18H34N2O4/c1-3-5-6-7-8-9-10-11-12-13-16(21)19-14-17(22)20-15-18(23)24-4-2/h3-15H2,1-2H3,(H,19,21)(H,20,22). The van der Waals surface area contributed by atoms with Gasteiger partial charge in [0.1, 0.15) is 6.54 Å². The quantitative estimate of drug-likeness (QED) is 0.354. The molecule has 0 atom stereocenters. The summed E-state index contributed by atoms with van der Waals surface area (Å²) in [5.41, 5.74) is 0. The zero-order valence-corrected chi connectivity index (χ0v) is 15.3. The molecule has 0 saturated heterocycles. The van der Waals surface area contributed by atoms with Crippen molar-refractivity contribution in [3.8, 4) is 0 Å². The lowest BCUT2D eigenvalue weighted by atomic mass is 10.1. The van der Waals surface area contributed by atoms with E-state index < -0.39 is 5.97 Å². The molecule has 6 nitrogen and oxygen atoms in total. The fourth-order valence-electron chi connectivity index (χ4n) is 2.31. The number of ether oxygens (including phenoxy) is 1. The van der Waals surface area contributed by atoms with Crippen LogP contribution in [0.25, 0.3) is 0 Å². The van der Waals surface area contributed by atoms with Crippen LogP contribution in [0, 0.1) is 0 Å². The van der Waals surface area contributed by atoms with Crippen LogP contribution in [0.4, 0.5) is 0 Å². The van der Waals surface area contributed by atoms with Crippen LogP contribution in [0.3, 0.4) is 0 Å². The first-order valence-electron chi connectivity index (χ1n) is 9.29. The van der Waals surface area contributed by atoms with Crippen LogP contribution in [0.15, 0.2) is 0 Å². The minimum atomic E-state index is -0.480. The summed E-state index contributed by atoms with van der Waals surface area (Å²) in [4.78, 5) is 34.1. The van der Waals surface area contributed by atoms with Gasteiger partial charge in [-0.15, -0.1) is 0 Å². The molecule has 0 bridgehead atoms. The molecule has 0 aliphatic heterocycles. The van der Waals surface area contributed by atoms with Gasteiger partial charge in [-0.1, -0.05) is 58.3 Å². The third-order valence-electron chi connectivity index (χ3n) is 3.69. The second-order valence-electron chi connectivity index (χ2n) is 5.94. The molecule has 0 heterocycles. The number of rotatable bonds is 15. The van der Waals surface area contributed by atoms with Crippen LogP contribution in [-0.4, -0.2) is 37.5 Å². The summed E-state index contributed by atoms with van der Waals surface area (Å²) in [6, 6.07) is 0. The maximum Gasteiger partial charge on any atom is 0.325 e. The Kier molecular flexibility index (Phi) is 15.2. The summed E-state index contributed by atoms with van der Waals surface area (Å²) >= 11 is 0. The van der Waals surface area contributed by atoms with Crippen molar-refractivity contribution in [2.45, 2.75) is 78.1 Å². The van der Waals surface area contributed by atoms with Gasteiger partial charge in [0.05, 0.1) is 13.2 Å². The van der Waals surface area contributed by atoms with Gasteiger partial charge in [0.15, 0.2) is 0 Å². The normalized spacial score (nSPS) is 10.2. The molecule has 0 saturated carbocycles. The molecule has 140 valence electrons. The van der Waals surface area contributed by atoms with Gasteiger partial charge < -0.3 is 15.4 Å². The van der Waals surface area contributed by atoms with E-state index in [0.29, 0.717) is 6.42 Å². The highest BCUT2D eigenvalue weighted by atomic mass is 16.5. The molecule has 6 heteroatoms. The Morgan fingerprint density at radius 1 is 0.708 bits per heavy atom. The summed E-state index contributed by atoms with van der Waals surface area (Å²) in [7, 11) is 0. The fourth-order valence-corrected chi connectivity index (χ4v) is 2.31. The highest BCUT2D eigenvalue weighted by Gasteiger charge is 2.07. The predicted octanol–water partition coefficient (Wildman–Crippen LogP) is 2.70. The highest BCUT2D eigenvalue weighted by Crippen LogP contribution is 2.10. The van der Waals surface area contributed by atoms with E-state index in [1.54, 1.807) is 6.92 Å². The topological polar surface area (TPSA) is 84.5 Å². The van der Waals surface area contributed by atoms with Gasteiger partial charge in [-0.2, -0.15) is 0 Å². The monoisotopic (exact) mass is 342 g/mol. The summed E-state index contributed by atoms with van der Waals surface area (Å²) in [5, 5.41) is 4.96. The number of hydrogen-bond acceptors (Lipinski definition) is 4. The van der Waals surface area contributed by atoms with Gasteiger partial charge in [0.2, 0.25) is 11.8 Å². The van der Waals surface area contributed by atoms with Crippen LogP contribution >= 0.6 is 0 Å². The van der Waals surface area contributed by atoms with Crippen LogP contribution < -0.4 is 10.6 Å². The lowest BCUT2D eigenvalue weighted by Crippen LogP contribution is -2.39. The molecule has 0 fully saturated rings. The third kappa shape index (κ3) is 15.3. The summed E-state index contributed by atoms with van der Waals surface area (Å²) < 4.78 is 4.69. The Morgan fingerprint density at radius 2 is 1.25 bits per heavy atom. The minimum absolute atomic E-state index is 0.102. The van der Waals surface area contributed by atoms with Gasteiger partial charge in [-0.05, 0) is 13.3 Å². The van der Waals surface area contributed by atoms with Gasteiger partial charge in [-0.3, -0.25) is 14.4 Å². The van der Waals surface area contributed by atoms with Crippen molar-refractivity contribution in [3.05, 3.63) is 0 Å². The molecular formula is C18H34N2O4. The van der Waals surface area contributed by atoms with E-state index in [-0.39, 0.29) is 31.5 Å². The van der Waals surface area contributed by atoms with Crippen molar-refractivity contribution in [2.24, 2.45) is 0 Å². The van der Waals surface area contributed by atoms with Gasteiger partial charge in [0, 0.05) is 6.42 Å². The first kappa shape index (κ1) is 22.4. The first-order valence-corrected chi connectivity index (χ1v) is 9.29. The molecule has 0 unspecified atom stereocenters. The zero-order chi connectivity index (χ0) is 18.0. The molecule has 0 spiro atoms. The van der Waals surface area contributed by atoms with Crippen LogP contribution in [0.1, 0.15) is 78.1 Å². The molecule has 2 amide bonds. The highest BCUT2D eigenvalue weighted by molar-refractivity contribution is 5.86. The van der Waals surface area contributed by atoms with Crippen LogP contribution in [-0.2, 0) is 19.1 Å². The van der Waals surface area contributed by atoms with E-state index in [1.165, 1.54) is 44.9 Å². The lowest BCUT2D eigenvalue weighted by Gasteiger charge is -2.07. The SMILES string of the molecule is CCCCCCCCCCCC(=O)NCC(=O)NCC(=O)OCC. The average Bonchev–Trinajstić information content (AvgIpc) is 2.57. The molecule has 0 aromatic carbocycles. The molecule has 0 aliphatic rings. The molecule has 0 rings (SSSR count). The summed E-state index contributed by atoms with van der Waals surface area (Å²) in [5.74, 6) is -0.986. The smallest absolute Gasteiger partial charge is 0.325 e. The van der Waals surface area contributed by atoms with Gasteiger partial charge in [0.25, 0.3) is 0 Å². The maximum absolute atomic E-state index is 11.6. The van der Waals surface area contributed by atoms with Crippen molar-refractivity contribution < 1.29 is 19.1 Å². The van der Waals surface area contributed by atoms with Crippen molar-refractivity contribution in [2.75, 3.05) is 19.7 Å². The third-order valence-corrected chi connectivity index (χ3v) is 3.69. The molecule has 0 aromatic rings. The summed E-state index contributed by atoms with van der Waals surface area (Å²) in [6.07, 6.45) is 11.3. The second kappa shape index (κ2) is 16.3. The maximum atomic E-state index is 11.6. The lowest BCUT2D eigenvalue weighted by molar-refractivity contribution is -0.143. The molecule has 0 aromatic heterocycles. The van der Waals surface area contributed by atoms with E-state index in [9.17, 15) is 14.4 Å². The number of esters is 1. The Balaban J connectivity index is 3.43. The predicted molar refractivity (Wildman–Crippen MR) is 94.5 cm³/mol.